The maximum atomic E-state index is 11.7. The molecule has 0 radical (unpaired) electrons. The van der Waals surface area contributed by atoms with Gasteiger partial charge in [-0.25, -0.2) is 0 Å². The molecule has 86 valence electrons. The van der Waals surface area contributed by atoms with Crippen molar-refractivity contribution in [3.63, 3.8) is 0 Å². The summed E-state index contributed by atoms with van der Waals surface area (Å²) in [5.74, 6) is 0.506. The van der Waals surface area contributed by atoms with Crippen molar-refractivity contribution in [3.05, 3.63) is 0 Å². The van der Waals surface area contributed by atoms with Crippen LogP contribution in [-0.2, 0) is 0 Å². The van der Waals surface area contributed by atoms with Crippen LogP contribution >= 0.6 is 11.8 Å². The van der Waals surface area contributed by atoms with Gasteiger partial charge in [0.25, 0.3) is 0 Å². The van der Waals surface area contributed by atoms with Gasteiger partial charge in [0, 0.05) is 18.8 Å². The van der Waals surface area contributed by atoms with Crippen molar-refractivity contribution in [3.8, 4) is 0 Å². The van der Waals surface area contributed by atoms with Crippen molar-refractivity contribution < 1.29 is 18.3 Å². The molecule has 0 aromatic rings. The maximum Gasteiger partial charge on any atom is 0.390 e. The van der Waals surface area contributed by atoms with Gasteiger partial charge in [-0.05, 0) is 13.2 Å². The summed E-state index contributed by atoms with van der Waals surface area (Å²) in [5.41, 5.74) is -0.939. The molecule has 0 aliphatic heterocycles. The van der Waals surface area contributed by atoms with E-state index in [9.17, 15) is 18.3 Å². The van der Waals surface area contributed by atoms with Gasteiger partial charge >= 0.3 is 6.18 Å². The monoisotopic (exact) mass is 231 g/mol. The molecule has 0 rings (SSSR count). The fourth-order valence-corrected chi connectivity index (χ4v) is 1.67. The summed E-state index contributed by atoms with van der Waals surface area (Å²) in [4.78, 5) is 0. The van der Waals surface area contributed by atoms with E-state index in [4.69, 9.17) is 0 Å². The van der Waals surface area contributed by atoms with E-state index in [0.717, 1.165) is 0 Å². The Morgan fingerprint density at radius 3 is 2.36 bits per heavy atom. The first kappa shape index (κ1) is 14.1. The number of halogens is 3. The van der Waals surface area contributed by atoms with E-state index in [1.54, 1.807) is 6.92 Å². The number of rotatable bonds is 6. The van der Waals surface area contributed by atoms with Gasteiger partial charge in [0.2, 0.25) is 0 Å². The Kier molecular flexibility index (Phi) is 5.85. The van der Waals surface area contributed by atoms with Gasteiger partial charge in [0.1, 0.15) is 0 Å². The lowest BCUT2D eigenvalue weighted by Crippen LogP contribution is -2.40. The van der Waals surface area contributed by atoms with Crippen LogP contribution in [-0.4, -0.2) is 42.0 Å². The SMILES string of the molecule is CSCC(C)(O)CNCCC(F)(F)F. The summed E-state index contributed by atoms with van der Waals surface area (Å²) >= 11 is 1.46. The van der Waals surface area contributed by atoms with Gasteiger partial charge in [-0.15, -0.1) is 0 Å². The average molecular weight is 231 g/mol. The molecule has 2 nitrogen and oxygen atoms in total. The third-order valence-electron chi connectivity index (χ3n) is 1.55. The summed E-state index contributed by atoms with van der Waals surface area (Å²) in [6.07, 6.45) is -3.15. The molecular formula is C8H16F3NOS. The largest absolute Gasteiger partial charge is 0.390 e. The third kappa shape index (κ3) is 8.65. The minimum Gasteiger partial charge on any atom is -0.388 e. The quantitative estimate of drug-likeness (QED) is 0.682. The van der Waals surface area contributed by atoms with Crippen molar-refractivity contribution in [1.82, 2.24) is 5.32 Å². The van der Waals surface area contributed by atoms with Crippen LogP contribution in [0.25, 0.3) is 0 Å². The van der Waals surface area contributed by atoms with Gasteiger partial charge in [0.05, 0.1) is 12.0 Å². The first-order chi connectivity index (χ1) is 6.27. The summed E-state index contributed by atoms with van der Waals surface area (Å²) in [5, 5.41) is 12.2. The molecule has 0 fully saturated rings. The zero-order valence-corrected chi connectivity index (χ0v) is 9.13. The van der Waals surface area contributed by atoms with Crippen LogP contribution in [0.5, 0.6) is 0 Å². The number of alkyl halides is 3. The molecule has 0 aliphatic rings. The van der Waals surface area contributed by atoms with E-state index >= 15 is 0 Å². The summed E-state index contributed by atoms with van der Waals surface area (Å²) in [6.45, 7) is 1.64. The Morgan fingerprint density at radius 2 is 1.93 bits per heavy atom. The second kappa shape index (κ2) is 5.82. The molecule has 2 N–H and O–H groups in total. The maximum absolute atomic E-state index is 11.7. The first-order valence-corrected chi connectivity index (χ1v) is 5.65. The van der Waals surface area contributed by atoms with Crippen molar-refractivity contribution in [1.29, 1.82) is 0 Å². The van der Waals surface area contributed by atoms with E-state index in [-0.39, 0.29) is 13.1 Å². The van der Waals surface area contributed by atoms with Crippen molar-refractivity contribution in [2.45, 2.75) is 25.1 Å². The smallest absolute Gasteiger partial charge is 0.388 e. The van der Waals surface area contributed by atoms with Gasteiger partial charge in [-0.1, -0.05) is 0 Å². The molecule has 0 aromatic heterocycles. The minimum absolute atomic E-state index is 0.145. The molecule has 14 heavy (non-hydrogen) atoms. The number of thioether (sulfide) groups is 1. The van der Waals surface area contributed by atoms with Gasteiger partial charge in [0.15, 0.2) is 0 Å². The van der Waals surface area contributed by atoms with Crippen molar-refractivity contribution >= 4 is 11.8 Å². The molecular weight excluding hydrogens is 215 g/mol. The topological polar surface area (TPSA) is 32.3 Å². The molecule has 1 unspecified atom stereocenters. The number of nitrogens with one attached hydrogen (secondary N) is 1. The molecule has 0 aromatic carbocycles. The average Bonchev–Trinajstić information content (AvgIpc) is 1.96. The molecule has 6 heteroatoms. The summed E-state index contributed by atoms with van der Waals surface area (Å²) in [7, 11) is 0. The fourth-order valence-electron chi connectivity index (χ4n) is 0.950. The van der Waals surface area contributed by atoms with Crippen LogP contribution in [0.3, 0.4) is 0 Å². The molecule has 0 heterocycles. The lowest BCUT2D eigenvalue weighted by Gasteiger charge is -2.22. The van der Waals surface area contributed by atoms with E-state index in [0.29, 0.717) is 5.75 Å². The van der Waals surface area contributed by atoms with E-state index < -0.39 is 18.2 Å². The molecule has 0 amide bonds. The van der Waals surface area contributed by atoms with E-state index in [2.05, 4.69) is 5.32 Å². The lowest BCUT2D eigenvalue weighted by atomic mass is 10.1. The Hall–Kier alpha value is 0.0600. The Bertz CT molecular complexity index is 161. The highest BCUT2D eigenvalue weighted by atomic mass is 32.2. The van der Waals surface area contributed by atoms with E-state index in [1.807, 2.05) is 6.26 Å². The van der Waals surface area contributed by atoms with Crippen LogP contribution in [0.1, 0.15) is 13.3 Å². The summed E-state index contributed by atoms with van der Waals surface area (Å²) in [6, 6.07) is 0. The van der Waals surface area contributed by atoms with Crippen LogP contribution in [0, 0.1) is 0 Å². The van der Waals surface area contributed by atoms with Crippen LogP contribution in [0.2, 0.25) is 0 Å². The second-order valence-electron chi connectivity index (χ2n) is 3.47. The van der Waals surface area contributed by atoms with Gasteiger partial charge < -0.3 is 10.4 Å². The Balaban J connectivity index is 3.54. The highest BCUT2D eigenvalue weighted by Gasteiger charge is 2.26. The highest BCUT2D eigenvalue weighted by molar-refractivity contribution is 7.98. The van der Waals surface area contributed by atoms with Gasteiger partial charge in [-0.2, -0.15) is 24.9 Å². The van der Waals surface area contributed by atoms with E-state index in [1.165, 1.54) is 11.8 Å². The fraction of sp³-hybridized carbons (Fsp3) is 1.00. The minimum atomic E-state index is -4.13. The summed E-state index contributed by atoms with van der Waals surface area (Å²) < 4.78 is 35.2. The number of aliphatic hydroxyl groups is 1. The molecule has 0 bridgehead atoms. The normalized spacial score (nSPS) is 16.7. The van der Waals surface area contributed by atoms with Crippen LogP contribution < -0.4 is 5.32 Å². The van der Waals surface area contributed by atoms with Crippen molar-refractivity contribution in [2.24, 2.45) is 0 Å². The Labute approximate surface area is 86.3 Å². The highest BCUT2D eigenvalue weighted by Crippen LogP contribution is 2.18. The predicted molar refractivity (Wildman–Crippen MR) is 52.5 cm³/mol. The van der Waals surface area contributed by atoms with Crippen LogP contribution in [0.15, 0.2) is 0 Å². The first-order valence-electron chi connectivity index (χ1n) is 4.26. The molecule has 0 spiro atoms. The zero-order valence-electron chi connectivity index (χ0n) is 8.32. The second-order valence-corrected chi connectivity index (χ2v) is 4.34. The molecule has 0 saturated heterocycles. The Morgan fingerprint density at radius 1 is 1.36 bits per heavy atom. The van der Waals surface area contributed by atoms with Crippen LogP contribution in [0.4, 0.5) is 13.2 Å². The molecule has 0 saturated carbocycles. The number of hydrogen-bond donors (Lipinski definition) is 2. The standard InChI is InChI=1S/C8H16F3NOS/c1-7(13,6-14-2)5-12-4-3-8(9,10)11/h12-13H,3-6H2,1-2H3. The predicted octanol–water partition coefficient (Wildman–Crippen LogP) is 1.64. The molecule has 0 aliphatic carbocycles. The number of hydrogen-bond acceptors (Lipinski definition) is 3. The third-order valence-corrected chi connectivity index (χ3v) is 2.46. The lowest BCUT2D eigenvalue weighted by molar-refractivity contribution is -0.133. The van der Waals surface area contributed by atoms with Gasteiger partial charge in [-0.3, -0.25) is 0 Å². The zero-order chi connectivity index (χ0) is 11.2. The molecule has 1 atom stereocenters. The van der Waals surface area contributed by atoms with Crippen molar-refractivity contribution in [2.75, 3.05) is 25.1 Å².